The maximum atomic E-state index is 12.4. The van der Waals surface area contributed by atoms with Crippen LogP contribution in [0.15, 0.2) is 23.3 Å². The molecule has 118 valence electrons. The van der Waals surface area contributed by atoms with Crippen LogP contribution in [0.3, 0.4) is 0 Å². The quantitative estimate of drug-likeness (QED) is 0.319. The second kappa shape index (κ2) is 7.37. The van der Waals surface area contributed by atoms with Gasteiger partial charge in [-0.2, -0.15) is 0 Å². The average molecular weight is 298 g/mol. The maximum Gasteiger partial charge on any atom is 0.311 e. The van der Waals surface area contributed by atoms with Gasteiger partial charge in [0.2, 0.25) is 0 Å². The molecule has 0 aromatic carbocycles. The molecule has 0 amide bonds. The van der Waals surface area contributed by atoms with Crippen molar-refractivity contribution >= 4 is 5.97 Å². The van der Waals surface area contributed by atoms with Crippen LogP contribution in [0.25, 0.3) is 0 Å². The molecule has 0 aromatic heterocycles. The van der Waals surface area contributed by atoms with E-state index in [0.29, 0.717) is 6.42 Å². The predicted octanol–water partition coefficient (Wildman–Crippen LogP) is 4.13. The number of carbonyl (C=O) groups excluding carboxylic acids is 1. The monoisotopic (exact) mass is 298 g/mol. The van der Waals surface area contributed by atoms with Crippen LogP contribution in [0.4, 0.5) is 0 Å². The van der Waals surface area contributed by atoms with Crippen LogP contribution in [0.1, 0.15) is 47.5 Å². The standard InChI is InChI=1S/C20H26O2/c1-8-10-11-12-15(5)17(9-2)22-19(21)18-16(13-14(3)4)20(18,6)7/h1-2,12-13,16-18H,10-11H2,3-7H3. The number of hydrogen-bond donors (Lipinski definition) is 0. The molecule has 1 fully saturated rings. The Labute approximate surface area is 135 Å². The van der Waals surface area contributed by atoms with E-state index in [-0.39, 0.29) is 23.2 Å². The van der Waals surface area contributed by atoms with E-state index in [9.17, 15) is 4.79 Å². The van der Waals surface area contributed by atoms with Crippen LogP contribution in [0.2, 0.25) is 0 Å². The third-order valence-electron chi connectivity index (χ3n) is 4.23. The highest BCUT2D eigenvalue weighted by Crippen LogP contribution is 2.59. The summed E-state index contributed by atoms with van der Waals surface area (Å²) < 4.78 is 5.54. The SMILES string of the molecule is C#CCCC=C(C)C(C#C)OC(=O)C1C(C=C(C)C)C1(C)C. The highest BCUT2D eigenvalue weighted by atomic mass is 16.5. The highest BCUT2D eigenvalue weighted by molar-refractivity contribution is 5.79. The first-order valence-electron chi connectivity index (χ1n) is 7.67. The zero-order valence-corrected chi connectivity index (χ0v) is 14.3. The summed E-state index contributed by atoms with van der Waals surface area (Å²) in [4.78, 5) is 12.4. The van der Waals surface area contributed by atoms with Crippen molar-refractivity contribution in [2.75, 3.05) is 0 Å². The normalized spacial score (nSPS) is 23.7. The van der Waals surface area contributed by atoms with Gasteiger partial charge in [-0.15, -0.1) is 18.8 Å². The molecule has 1 rings (SSSR count). The van der Waals surface area contributed by atoms with Gasteiger partial charge in [0.05, 0.1) is 5.92 Å². The summed E-state index contributed by atoms with van der Waals surface area (Å²) in [5, 5.41) is 0. The fourth-order valence-electron chi connectivity index (χ4n) is 2.74. The minimum absolute atomic E-state index is 0.0609. The Balaban J connectivity index is 2.72. The first kappa shape index (κ1) is 18.1. The number of terminal acetylenes is 2. The number of ether oxygens (including phenoxy) is 1. The van der Waals surface area contributed by atoms with E-state index < -0.39 is 6.10 Å². The van der Waals surface area contributed by atoms with Crippen LogP contribution >= 0.6 is 0 Å². The lowest BCUT2D eigenvalue weighted by Gasteiger charge is -2.14. The van der Waals surface area contributed by atoms with Gasteiger partial charge in [-0.25, -0.2) is 0 Å². The Morgan fingerprint density at radius 3 is 2.45 bits per heavy atom. The zero-order chi connectivity index (χ0) is 16.9. The molecule has 22 heavy (non-hydrogen) atoms. The van der Waals surface area contributed by atoms with Crippen molar-refractivity contribution in [2.45, 2.75) is 53.6 Å². The number of unbranched alkanes of at least 4 members (excludes halogenated alkanes) is 1. The van der Waals surface area contributed by atoms with Gasteiger partial charge in [-0.1, -0.05) is 37.5 Å². The molecule has 0 spiro atoms. The van der Waals surface area contributed by atoms with Gasteiger partial charge in [0.25, 0.3) is 0 Å². The number of hydrogen-bond acceptors (Lipinski definition) is 2. The molecule has 2 heteroatoms. The summed E-state index contributed by atoms with van der Waals surface area (Å²) in [6, 6.07) is 0. The molecule has 0 aliphatic heterocycles. The van der Waals surface area contributed by atoms with E-state index in [0.717, 1.165) is 12.0 Å². The summed E-state index contributed by atoms with van der Waals surface area (Å²) >= 11 is 0. The highest BCUT2D eigenvalue weighted by Gasteiger charge is 2.61. The molecular formula is C20H26O2. The van der Waals surface area contributed by atoms with Gasteiger partial charge >= 0.3 is 5.97 Å². The van der Waals surface area contributed by atoms with Crippen molar-refractivity contribution < 1.29 is 9.53 Å². The molecule has 0 aromatic rings. The largest absolute Gasteiger partial charge is 0.444 e. The Kier molecular flexibility index (Phi) is 6.07. The summed E-state index contributed by atoms with van der Waals surface area (Å²) in [5.74, 6) is 5.03. The van der Waals surface area contributed by atoms with Crippen molar-refractivity contribution in [3.63, 3.8) is 0 Å². The van der Waals surface area contributed by atoms with E-state index in [4.69, 9.17) is 17.6 Å². The lowest BCUT2D eigenvalue weighted by molar-refractivity contribution is -0.147. The second-order valence-electron chi connectivity index (χ2n) is 6.74. The van der Waals surface area contributed by atoms with Gasteiger partial charge in [0, 0.05) is 6.42 Å². The number of carbonyl (C=O) groups is 1. The van der Waals surface area contributed by atoms with Gasteiger partial charge in [-0.05, 0) is 44.1 Å². The molecule has 0 N–H and O–H groups in total. The van der Waals surface area contributed by atoms with Crippen molar-refractivity contribution in [1.29, 1.82) is 0 Å². The minimum atomic E-state index is -0.603. The molecule has 1 saturated carbocycles. The second-order valence-corrected chi connectivity index (χ2v) is 6.74. The van der Waals surface area contributed by atoms with Gasteiger partial charge in [0.1, 0.15) is 0 Å². The topological polar surface area (TPSA) is 26.3 Å². The average Bonchev–Trinajstić information content (AvgIpc) is 2.96. The maximum absolute atomic E-state index is 12.4. The molecule has 3 unspecified atom stereocenters. The summed E-state index contributed by atoms with van der Waals surface area (Å²) in [6.07, 6.45) is 15.6. The van der Waals surface area contributed by atoms with E-state index in [1.54, 1.807) is 0 Å². The molecule has 0 bridgehead atoms. The van der Waals surface area contributed by atoms with Gasteiger partial charge < -0.3 is 4.74 Å². The Morgan fingerprint density at radius 2 is 1.95 bits per heavy atom. The number of allylic oxidation sites excluding steroid dienone is 3. The van der Waals surface area contributed by atoms with Crippen LogP contribution in [0, 0.1) is 41.9 Å². The van der Waals surface area contributed by atoms with Crippen LogP contribution in [-0.2, 0) is 9.53 Å². The third-order valence-corrected chi connectivity index (χ3v) is 4.23. The zero-order valence-electron chi connectivity index (χ0n) is 14.3. The third kappa shape index (κ3) is 4.28. The summed E-state index contributed by atoms with van der Waals surface area (Å²) in [5.41, 5.74) is 2.02. The molecule has 0 radical (unpaired) electrons. The first-order valence-corrected chi connectivity index (χ1v) is 7.67. The Hall–Kier alpha value is -1.93. The van der Waals surface area contributed by atoms with Crippen LogP contribution in [0.5, 0.6) is 0 Å². The van der Waals surface area contributed by atoms with Crippen LogP contribution < -0.4 is 0 Å². The van der Waals surface area contributed by atoms with Gasteiger partial charge in [0.15, 0.2) is 6.10 Å². The van der Waals surface area contributed by atoms with E-state index in [2.05, 4.69) is 31.8 Å². The minimum Gasteiger partial charge on any atom is -0.444 e. The molecule has 1 aliphatic rings. The number of rotatable bonds is 6. The summed E-state index contributed by atoms with van der Waals surface area (Å²) in [6.45, 7) is 10.1. The van der Waals surface area contributed by atoms with Crippen molar-refractivity contribution in [1.82, 2.24) is 0 Å². The smallest absolute Gasteiger partial charge is 0.311 e. The van der Waals surface area contributed by atoms with E-state index >= 15 is 0 Å². The van der Waals surface area contributed by atoms with Gasteiger partial charge in [-0.3, -0.25) is 4.79 Å². The van der Waals surface area contributed by atoms with E-state index in [1.165, 1.54) is 5.57 Å². The summed E-state index contributed by atoms with van der Waals surface area (Å²) in [7, 11) is 0. The number of esters is 1. The molecule has 2 nitrogen and oxygen atoms in total. The molecule has 3 atom stereocenters. The fraction of sp³-hybridized carbons (Fsp3) is 0.550. The molecule has 1 aliphatic carbocycles. The molecule has 0 saturated heterocycles. The lowest BCUT2D eigenvalue weighted by atomic mass is 10.1. The fourth-order valence-corrected chi connectivity index (χ4v) is 2.74. The Morgan fingerprint density at radius 1 is 1.32 bits per heavy atom. The first-order chi connectivity index (χ1) is 10.3. The van der Waals surface area contributed by atoms with Crippen molar-refractivity contribution in [3.05, 3.63) is 23.3 Å². The molecular weight excluding hydrogens is 272 g/mol. The van der Waals surface area contributed by atoms with Crippen LogP contribution in [-0.4, -0.2) is 12.1 Å². The lowest BCUT2D eigenvalue weighted by Crippen LogP contribution is -2.20. The molecule has 0 heterocycles. The van der Waals surface area contributed by atoms with Crippen molar-refractivity contribution in [2.24, 2.45) is 17.3 Å². The van der Waals surface area contributed by atoms with E-state index in [1.807, 2.05) is 26.8 Å². The van der Waals surface area contributed by atoms with Crippen molar-refractivity contribution in [3.8, 4) is 24.7 Å². The predicted molar refractivity (Wildman–Crippen MR) is 90.7 cm³/mol. The Bertz CT molecular complexity index is 559.